The fourth-order valence-electron chi connectivity index (χ4n) is 3.54. The fourth-order valence-corrected chi connectivity index (χ4v) is 3.54. The van der Waals surface area contributed by atoms with Crippen LogP contribution < -0.4 is 15.5 Å². The van der Waals surface area contributed by atoms with Gasteiger partial charge in [-0.2, -0.15) is 14.6 Å². The predicted molar refractivity (Wildman–Crippen MR) is 119 cm³/mol. The van der Waals surface area contributed by atoms with E-state index in [-0.39, 0.29) is 1.43 Å². The van der Waals surface area contributed by atoms with Crippen LogP contribution in [0.3, 0.4) is 0 Å². The largest absolute Gasteiger partial charge is 0.369 e. The molecule has 0 atom stereocenters. The minimum Gasteiger partial charge on any atom is -0.369 e. The number of hydrogen-bond acceptors (Lipinski definition) is 8. The van der Waals surface area contributed by atoms with Gasteiger partial charge in [-0.05, 0) is 31.3 Å². The third-order valence-corrected chi connectivity index (χ3v) is 5.22. The number of nitrogens with one attached hydrogen (secondary N) is 2. The summed E-state index contributed by atoms with van der Waals surface area (Å²) in [4.78, 5) is 13.6. The summed E-state index contributed by atoms with van der Waals surface area (Å²) in [5, 5.41) is 15.3. The van der Waals surface area contributed by atoms with Crippen molar-refractivity contribution in [2.24, 2.45) is 7.05 Å². The summed E-state index contributed by atoms with van der Waals surface area (Å²) in [5.41, 5.74) is 3.69. The van der Waals surface area contributed by atoms with Gasteiger partial charge in [-0.25, -0.2) is 0 Å². The van der Waals surface area contributed by atoms with Crippen molar-refractivity contribution in [1.29, 1.82) is 0 Å². The highest BCUT2D eigenvalue weighted by Gasteiger charge is 2.14. The van der Waals surface area contributed by atoms with Crippen LogP contribution in [-0.2, 0) is 7.05 Å². The molecule has 1 aliphatic heterocycles. The molecule has 5 rings (SSSR count). The van der Waals surface area contributed by atoms with Gasteiger partial charge in [-0.3, -0.25) is 9.67 Å². The van der Waals surface area contributed by atoms with E-state index in [1.165, 1.54) is 5.69 Å². The summed E-state index contributed by atoms with van der Waals surface area (Å²) < 4.78 is 3.46. The predicted octanol–water partition coefficient (Wildman–Crippen LogP) is 2.34. The van der Waals surface area contributed by atoms with Crippen molar-refractivity contribution in [3.63, 3.8) is 0 Å². The number of likely N-dealkylation sites (N-methyl/N-ethyl adjacent to an activating group) is 1. The van der Waals surface area contributed by atoms with E-state index in [9.17, 15) is 0 Å². The molecule has 10 heteroatoms. The van der Waals surface area contributed by atoms with Crippen LogP contribution >= 0.6 is 0 Å². The third kappa shape index (κ3) is 3.77. The lowest BCUT2D eigenvalue weighted by atomic mass is 10.2. The average Bonchev–Trinajstić information content (AvgIpc) is 3.35. The lowest BCUT2D eigenvalue weighted by Gasteiger charge is -2.34. The maximum atomic E-state index is 4.58. The first-order valence-electron chi connectivity index (χ1n) is 9.91. The lowest BCUT2D eigenvalue weighted by Crippen LogP contribution is -2.44. The Bertz CT molecular complexity index is 1140. The van der Waals surface area contributed by atoms with E-state index >= 15 is 0 Å². The van der Waals surface area contributed by atoms with Crippen molar-refractivity contribution < 1.29 is 1.43 Å². The van der Waals surface area contributed by atoms with Crippen LogP contribution in [0.4, 0.5) is 28.8 Å². The highest BCUT2D eigenvalue weighted by Crippen LogP contribution is 2.22. The van der Waals surface area contributed by atoms with Crippen LogP contribution in [0.1, 0.15) is 1.43 Å². The first-order chi connectivity index (χ1) is 14.6. The maximum absolute atomic E-state index is 4.58. The SMILES string of the molecule is CN1CCN(c2ccc(Nc3nc4cncc(Nc5cnn(C)c5)n4n3)cc2)CC1.[HH]. The molecule has 156 valence electrons. The normalized spacial score (nSPS) is 14.9. The van der Waals surface area contributed by atoms with Crippen molar-refractivity contribution in [3.05, 3.63) is 49.1 Å². The molecule has 0 radical (unpaired) electrons. The van der Waals surface area contributed by atoms with Crippen molar-refractivity contribution >= 4 is 34.5 Å². The third-order valence-electron chi connectivity index (χ3n) is 5.22. The molecular weight excluding hydrogens is 380 g/mol. The molecule has 4 aromatic rings. The van der Waals surface area contributed by atoms with Gasteiger partial charge >= 0.3 is 0 Å². The number of nitrogens with zero attached hydrogens (tertiary/aromatic N) is 8. The highest BCUT2D eigenvalue weighted by atomic mass is 15.4. The Morgan fingerprint density at radius 1 is 0.900 bits per heavy atom. The summed E-state index contributed by atoms with van der Waals surface area (Å²) in [6, 6.07) is 8.40. The highest BCUT2D eigenvalue weighted by molar-refractivity contribution is 5.62. The van der Waals surface area contributed by atoms with Crippen LogP contribution in [-0.4, -0.2) is 67.5 Å². The van der Waals surface area contributed by atoms with Gasteiger partial charge in [0, 0.05) is 52.2 Å². The van der Waals surface area contributed by atoms with Crippen molar-refractivity contribution in [2.75, 3.05) is 48.8 Å². The fraction of sp³-hybridized carbons (Fsp3) is 0.300. The van der Waals surface area contributed by atoms with E-state index in [0.717, 1.165) is 37.6 Å². The van der Waals surface area contributed by atoms with Gasteiger partial charge in [-0.1, -0.05) is 0 Å². The Hall–Kier alpha value is -3.66. The Morgan fingerprint density at radius 3 is 2.43 bits per heavy atom. The van der Waals surface area contributed by atoms with E-state index in [1.807, 2.05) is 13.2 Å². The second kappa shape index (κ2) is 7.64. The number of rotatable bonds is 5. The van der Waals surface area contributed by atoms with E-state index in [4.69, 9.17) is 0 Å². The Labute approximate surface area is 175 Å². The minimum atomic E-state index is 0. The van der Waals surface area contributed by atoms with E-state index < -0.39 is 0 Å². The Kier molecular flexibility index (Phi) is 4.68. The standard InChI is InChI=1S/C20H24N10.H2/c1-27-7-9-29(10-8-27)17-5-3-15(4-6-17)24-20-25-19-13-21-12-18(30(19)26-20)23-16-11-22-28(2)14-16;/h3-6,11-14,23H,7-10H2,1-2H3,(H,24,26);1H. The molecule has 0 saturated carbocycles. The first kappa shape index (κ1) is 18.4. The minimum absolute atomic E-state index is 0. The number of fused-ring (bicyclic) bond motifs is 1. The summed E-state index contributed by atoms with van der Waals surface area (Å²) in [5.74, 6) is 1.23. The number of aryl methyl sites for hydroxylation is 1. The molecule has 1 fully saturated rings. The quantitative estimate of drug-likeness (QED) is 0.522. The van der Waals surface area contributed by atoms with E-state index in [2.05, 4.69) is 71.9 Å². The van der Waals surface area contributed by atoms with Crippen LogP contribution in [0.2, 0.25) is 0 Å². The van der Waals surface area contributed by atoms with Gasteiger partial charge in [0.2, 0.25) is 5.95 Å². The smallest absolute Gasteiger partial charge is 0.247 e. The van der Waals surface area contributed by atoms with Crippen LogP contribution in [0, 0.1) is 0 Å². The zero-order valence-electron chi connectivity index (χ0n) is 17.0. The van der Waals surface area contributed by atoms with Crippen molar-refractivity contribution in [3.8, 4) is 0 Å². The second-order valence-corrected chi connectivity index (χ2v) is 7.49. The molecule has 30 heavy (non-hydrogen) atoms. The average molecular weight is 406 g/mol. The molecule has 0 spiro atoms. The van der Waals surface area contributed by atoms with Crippen molar-refractivity contribution in [1.82, 2.24) is 34.3 Å². The molecule has 0 unspecified atom stereocenters. The first-order valence-corrected chi connectivity index (χ1v) is 9.91. The zero-order chi connectivity index (χ0) is 20.5. The van der Waals surface area contributed by atoms with Gasteiger partial charge in [-0.15, -0.1) is 5.10 Å². The topological polar surface area (TPSA) is 91.4 Å². The number of hydrogen-bond donors (Lipinski definition) is 2. The molecule has 0 aliphatic carbocycles. The van der Waals surface area contributed by atoms with Gasteiger partial charge < -0.3 is 20.4 Å². The second-order valence-electron chi connectivity index (χ2n) is 7.49. The number of piperazine rings is 1. The van der Waals surface area contributed by atoms with Crippen LogP contribution in [0.15, 0.2) is 49.1 Å². The summed E-state index contributed by atoms with van der Waals surface area (Å²) >= 11 is 0. The molecule has 4 heterocycles. The van der Waals surface area contributed by atoms with Gasteiger partial charge in [0.05, 0.1) is 24.3 Å². The molecule has 2 N–H and O–H groups in total. The number of benzene rings is 1. The zero-order valence-corrected chi connectivity index (χ0v) is 17.0. The molecular formula is C20H26N10. The summed E-state index contributed by atoms with van der Waals surface area (Å²) in [7, 11) is 4.04. The van der Waals surface area contributed by atoms with Crippen LogP contribution in [0.25, 0.3) is 5.65 Å². The molecule has 1 aromatic carbocycles. The molecule has 1 saturated heterocycles. The van der Waals surface area contributed by atoms with Gasteiger partial charge in [0.15, 0.2) is 11.5 Å². The Morgan fingerprint density at radius 2 is 1.70 bits per heavy atom. The summed E-state index contributed by atoms with van der Waals surface area (Å²) in [6.07, 6.45) is 7.03. The molecule has 0 bridgehead atoms. The van der Waals surface area contributed by atoms with Crippen molar-refractivity contribution in [2.45, 2.75) is 0 Å². The monoisotopic (exact) mass is 406 g/mol. The molecule has 3 aromatic heterocycles. The van der Waals surface area contributed by atoms with E-state index in [0.29, 0.717) is 17.4 Å². The lowest BCUT2D eigenvalue weighted by molar-refractivity contribution is 0.313. The Balaban J connectivity index is 0.00000231. The number of anilines is 5. The number of aromatic nitrogens is 6. The molecule has 1 aliphatic rings. The molecule has 10 nitrogen and oxygen atoms in total. The molecule has 0 amide bonds. The summed E-state index contributed by atoms with van der Waals surface area (Å²) in [6.45, 7) is 4.29. The maximum Gasteiger partial charge on any atom is 0.247 e. The van der Waals surface area contributed by atoms with Gasteiger partial charge in [0.1, 0.15) is 0 Å². The van der Waals surface area contributed by atoms with Crippen LogP contribution in [0.5, 0.6) is 0 Å². The van der Waals surface area contributed by atoms with E-state index in [1.54, 1.807) is 27.8 Å². The van der Waals surface area contributed by atoms with Gasteiger partial charge in [0.25, 0.3) is 0 Å².